The number of hydrogen-bond donors (Lipinski definition) is 1. The van der Waals surface area contributed by atoms with Crippen LogP contribution in [0.1, 0.15) is 40.7 Å². The molecule has 0 saturated heterocycles. The van der Waals surface area contributed by atoms with Crippen LogP contribution in [0.25, 0.3) is 0 Å². The standard InChI is InChI=1S/C13H14O3/c14-12-4-2-1-3-10-7-9(8-13(15)16)5-6-11(10)12/h5-7H,1-4,8H2,(H,15,16). The fraction of sp³-hybridized carbons (Fsp3) is 0.385. The Labute approximate surface area is 94.1 Å². The minimum atomic E-state index is -0.833. The molecule has 0 heterocycles. The topological polar surface area (TPSA) is 54.4 Å². The maximum Gasteiger partial charge on any atom is 0.307 e. The van der Waals surface area contributed by atoms with E-state index in [4.69, 9.17) is 5.11 Å². The highest BCUT2D eigenvalue weighted by Crippen LogP contribution is 2.22. The van der Waals surface area contributed by atoms with E-state index in [2.05, 4.69) is 0 Å². The van der Waals surface area contributed by atoms with E-state index in [1.807, 2.05) is 6.07 Å². The number of benzene rings is 1. The summed E-state index contributed by atoms with van der Waals surface area (Å²) < 4.78 is 0. The molecular weight excluding hydrogens is 204 g/mol. The lowest BCUT2D eigenvalue weighted by molar-refractivity contribution is -0.136. The summed E-state index contributed by atoms with van der Waals surface area (Å²) in [5.74, 6) is -0.644. The highest BCUT2D eigenvalue weighted by molar-refractivity contribution is 5.97. The van der Waals surface area contributed by atoms with Crippen LogP contribution >= 0.6 is 0 Å². The SMILES string of the molecule is O=C(O)Cc1ccc2c(c1)CCCCC2=O. The first-order valence-electron chi connectivity index (χ1n) is 5.53. The van der Waals surface area contributed by atoms with Crippen molar-refractivity contribution in [3.8, 4) is 0 Å². The fourth-order valence-corrected chi connectivity index (χ4v) is 2.15. The Bertz CT molecular complexity index is 435. The Hall–Kier alpha value is -1.64. The molecule has 1 N–H and O–H groups in total. The number of aryl methyl sites for hydroxylation is 1. The molecular formula is C13H14O3. The predicted molar refractivity (Wildman–Crippen MR) is 59.7 cm³/mol. The Balaban J connectivity index is 2.33. The van der Waals surface area contributed by atoms with Crippen molar-refractivity contribution in [2.75, 3.05) is 0 Å². The first-order valence-corrected chi connectivity index (χ1v) is 5.53. The molecule has 0 fully saturated rings. The van der Waals surface area contributed by atoms with E-state index in [0.717, 1.165) is 36.0 Å². The summed E-state index contributed by atoms with van der Waals surface area (Å²) in [5, 5.41) is 8.71. The Morgan fingerprint density at radius 3 is 2.75 bits per heavy atom. The highest BCUT2D eigenvalue weighted by Gasteiger charge is 2.15. The molecule has 0 aliphatic heterocycles. The number of fused-ring (bicyclic) bond motifs is 1. The monoisotopic (exact) mass is 218 g/mol. The normalized spacial score (nSPS) is 15.4. The second kappa shape index (κ2) is 4.47. The molecule has 0 amide bonds. The van der Waals surface area contributed by atoms with Crippen LogP contribution in [0.15, 0.2) is 18.2 Å². The Kier molecular flexibility index (Phi) is 3.04. The molecule has 2 rings (SSSR count). The van der Waals surface area contributed by atoms with Gasteiger partial charge in [-0.15, -0.1) is 0 Å². The van der Waals surface area contributed by atoms with E-state index >= 15 is 0 Å². The van der Waals surface area contributed by atoms with Crippen molar-refractivity contribution in [3.63, 3.8) is 0 Å². The largest absolute Gasteiger partial charge is 0.481 e. The van der Waals surface area contributed by atoms with Gasteiger partial charge in [0.15, 0.2) is 5.78 Å². The third-order valence-electron chi connectivity index (χ3n) is 2.93. The second-order valence-electron chi connectivity index (χ2n) is 4.19. The molecule has 0 radical (unpaired) electrons. The molecule has 0 saturated carbocycles. The molecule has 3 nitrogen and oxygen atoms in total. The van der Waals surface area contributed by atoms with Crippen molar-refractivity contribution in [1.82, 2.24) is 0 Å². The summed E-state index contributed by atoms with van der Waals surface area (Å²) >= 11 is 0. The van der Waals surface area contributed by atoms with Gasteiger partial charge < -0.3 is 5.11 Å². The van der Waals surface area contributed by atoms with Gasteiger partial charge in [0.1, 0.15) is 0 Å². The third-order valence-corrected chi connectivity index (χ3v) is 2.93. The maximum absolute atomic E-state index is 11.7. The first-order chi connectivity index (χ1) is 7.66. The number of carbonyl (C=O) groups is 2. The van der Waals surface area contributed by atoms with Gasteiger partial charge in [-0.05, 0) is 30.4 Å². The van der Waals surface area contributed by atoms with Crippen molar-refractivity contribution in [3.05, 3.63) is 34.9 Å². The number of ketones is 1. The van der Waals surface area contributed by atoms with Crippen molar-refractivity contribution in [2.24, 2.45) is 0 Å². The molecule has 1 aliphatic carbocycles. The highest BCUT2D eigenvalue weighted by atomic mass is 16.4. The van der Waals surface area contributed by atoms with Gasteiger partial charge in [-0.25, -0.2) is 0 Å². The van der Waals surface area contributed by atoms with E-state index < -0.39 is 5.97 Å². The lowest BCUT2D eigenvalue weighted by Gasteiger charge is -2.06. The summed E-state index contributed by atoms with van der Waals surface area (Å²) in [7, 11) is 0. The quantitative estimate of drug-likeness (QED) is 0.774. The van der Waals surface area contributed by atoms with Crippen molar-refractivity contribution < 1.29 is 14.7 Å². The Morgan fingerprint density at radius 1 is 1.25 bits per heavy atom. The van der Waals surface area contributed by atoms with Crippen LogP contribution in [0.4, 0.5) is 0 Å². The number of carbonyl (C=O) groups excluding carboxylic acids is 1. The molecule has 0 spiro atoms. The van der Waals surface area contributed by atoms with E-state index in [1.54, 1.807) is 12.1 Å². The van der Waals surface area contributed by atoms with Gasteiger partial charge in [0.25, 0.3) is 0 Å². The lowest BCUT2D eigenvalue weighted by Crippen LogP contribution is -2.04. The van der Waals surface area contributed by atoms with E-state index in [9.17, 15) is 9.59 Å². The molecule has 84 valence electrons. The van der Waals surface area contributed by atoms with Gasteiger partial charge in [-0.2, -0.15) is 0 Å². The summed E-state index contributed by atoms with van der Waals surface area (Å²) in [4.78, 5) is 22.3. The average molecular weight is 218 g/mol. The van der Waals surface area contributed by atoms with Crippen molar-refractivity contribution >= 4 is 11.8 Å². The molecule has 1 aliphatic rings. The Morgan fingerprint density at radius 2 is 2.00 bits per heavy atom. The zero-order valence-electron chi connectivity index (χ0n) is 9.03. The van der Waals surface area contributed by atoms with Crippen LogP contribution in [0.2, 0.25) is 0 Å². The van der Waals surface area contributed by atoms with Gasteiger partial charge in [0.05, 0.1) is 6.42 Å². The smallest absolute Gasteiger partial charge is 0.307 e. The number of aliphatic carboxylic acids is 1. The van der Waals surface area contributed by atoms with Gasteiger partial charge in [-0.3, -0.25) is 9.59 Å². The minimum absolute atomic E-state index is 0.0292. The van der Waals surface area contributed by atoms with E-state index in [1.165, 1.54) is 0 Å². The van der Waals surface area contributed by atoms with Gasteiger partial charge in [-0.1, -0.05) is 18.2 Å². The number of carboxylic acids is 1. The minimum Gasteiger partial charge on any atom is -0.481 e. The first kappa shape index (κ1) is 10.9. The van der Waals surface area contributed by atoms with Gasteiger partial charge in [0.2, 0.25) is 0 Å². The van der Waals surface area contributed by atoms with Crippen LogP contribution < -0.4 is 0 Å². The fourth-order valence-electron chi connectivity index (χ4n) is 2.15. The molecule has 1 aromatic carbocycles. The summed E-state index contributed by atoms with van der Waals surface area (Å²) in [5.41, 5.74) is 2.58. The van der Waals surface area contributed by atoms with Crippen LogP contribution in [-0.4, -0.2) is 16.9 Å². The number of hydrogen-bond acceptors (Lipinski definition) is 2. The predicted octanol–water partition coefficient (Wildman–Crippen LogP) is 2.22. The molecule has 0 unspecified atom stereocenters. The lowest BCUT2D eigenvalue weighted by atomic mass is 9.98. The average Bonchev–Trinajstić information content (AvgIpc) is 2.40. The molecule has 3 heteroatoms. The summed E-state index contributed by atoms with van der Waals surface area (Å²) in [6.07, 6.45) is 3.47. The van der Waals surface area contributed by atoms with Gasteiger partial charge in [0, 0.05) is 12.0 Å². The number of rotatable bonds is 2. The summed E-state index contributed by atoms with van der Waals surface area (Å²) in [6, 6.07) is 5.39. The second-order valence-corrected chi connectivity index (χ2v) is 4.19. The maximum atomic E-state index is 11.7. The van der Waals surface area contributed by atoms with Gasteiger partial charge >= 0.3 is 5.97 Å². The van der Waals surface area contributed by atoms with Crippen molar-refractivity contribution in [1.29, 1.82) is 0 Å². The van der Waals surface area contributed by atoms with Crippen LogP contribution in [0.3, 0.4) is 0 Å². The molecule has 0 bridgehead atoms. The van der Waals surface area contributed by atoms with Crippen LogP contribution in [0.5, 0.6) is 0 Å². The zero-order chi connectivity index (χ0) is 11.5. The van der Waals surface area contributed by atoms with E-state index in [-0.39, 0.29) is 12.2 Å². The molecule has 1 aromatic rings. The number of carboxylic acid groups (broad SMARTS) is 1. The zero-order valence-corrected chi connectivity index (χ0v) is 9.03. The molecule has 0 atom stereocenters. The third kappa shape index (κ3) is 2.30. The molecule has 16 heavy (non-hydrogen) atoms. The molecule has 0 aromatic heterocycles. The van der Waals surface area contributed by atoms with Crippen LogP contribution in [0, 0.1) is 0 Å². The number of Topliss-reactive ketones (excluding diaryl/α,β-unsaturated/α-hetero) is 1. The van der Waals surface area contributed by atoms with Crippen molar-refractivity contribution in [2.45, 2.75) is 32.1 Å². The van der Waals surface area contributed by atoms with Crippen LogP contribution in [-0.2, 0) is 17.6 Å². The summed E-state index contributed by atoms with van der Waals surface area (Å²) in [6.45, 7) is 0. The van der Waals surface area contributed by atoms with E-state index in [0.29, 0.717) is 6.42 Å².